The summed E-state index contributed by atoms with van der Waals surface area (Å²) in [6.07, 6.45) is 4.17. The number of fused-ring (bicyclic) bond motifs is 1. The topological polar surface area (TPSA) is 83.1 Å². The zero-order valence-corrected chi connectivity index (χ0v) is 19.8. The van der Waals surface area contributed by atoms with Crippen LogP contribution in [0.3, 0.4) is 0 Å². The molecule has 0 atom stereocenters. The Morgan fingerprint density at radius 2 is 2.00 bits per heavy atom. The van der Waals surface area contributed by atoms with E-state index < -0.39 is 0 Å². The van der Waals surface area contributed by atoms with Crippen LogP contribution in [0.1, 0.15) is 22.5 Å². The fourth-order valence-corrected chi connectivity index (χ4v) is 4.25. The number of aromatic amines is 1. The van der Waals surface area contributed by atoms with Crippen molar-refractivity contribution in [2.45, 2.75) is 26.0 Å². The number of hydrogen-bond donors (Lipinski definition) is 2. The smallest absolute Gasteiger partial charge is 0.331 e. The molecule has 0 spiro atoms. The van der Waals surface area contributed by atoms with Gasteiger partial charge in [0.2, 0.25) is 0 Å². The molecule has 7 nitrogen and oxygen atoms in total. The fraction of sp³-hybridized carbons (Fsp3) is 0.240. The van der Waals surface area contributed by atoms with E-state index in [1.807, 2.05) is 36.5 Å². The number of carbonyl (C=O) groups is 1. The van der Waals surface area contributed by atoms with Crippen molar-refractivity contribution in [3.05, 3.63) is 83.4 Å². The van der Waals surface area contributed by atoms with E-state index in [2.05, 4.69) is 41.3 Å². The second-order valence-corrected chi connectivity index (χ2v) is 8.77. The number of H-pyrrole nitrogens is 1. The molecule has 4 aromatic rings. The van der Waals surface area contributed by atoms with Crippen LogP contribution in [-0.2, 0) is 12.2 Å². The van der Waals surface area contributed by atoms with Crippen LogP contribution in [0.25, 0.3) is 11.0 Å². The van der Waals surface area contributed by atoms with Crippen LogP contribution >= 0.6 is 11.9 Å². The number of aromatic nitrogens is 3. The van der Waals surface area contributed by atoms with Gasteiger partial charge in [-0.05, 0) is 72.8 Å². The van der Waals surface area contributed by atoms with Crippen molar-refractivity contribution in [2.75, 3.05) is 19.0 Å². The SMILES string of the molecule is COc1cccc(NC(=O)N(CCc2nc3cc(C)c(C)cc3[nH]2)SCc2cccnc2)c1. The molecule has 0 unspecified atom stereocenters. The molecule has 0 radical (unpaired) electrons. The quantitative estimate of drug-likeness (QED) is 0.338. The zero-order valence-electron chi connectivity index (χ0n) is 19.0. The van der Waals surface area contributed by atoms with Gasteiger partial charge in [0, 0.05) is 42.9 Å². The third-order valence-electron chi connectivity index (χ3n) is 5.36. The highest BCUT2D eigenvalue weighted by Crippen LogP contribution is 2.22. The number of ether oxygens (including phenoxy) is 1. The Kier molecular flexibility index (Phi) is 7.14. The Labute approximate surface area is 197 Å². The van der Waals surface area contributed by atoms with E-state index in [0.29, 0.717) is 30.2 Å². The molecular weight excluding hydrogens is 434 g/mol. The van der Waals surface area contributed by atoms with E-state index >= 15 is 0 Å². The molecule has 0 saturated carbocycles. The van der Waals surface area contributed by atoms with Gasteiger partial charge in [0.25, 0.3) is 0 Å². The van der Waals surface area contributed by atoms with Crippen LogP contribution in [-0.4, -0.2) is 38.9 Å². The first-order valence-corrected chi connectivity index (χ1v) is 11.7. The number of aryl methyl sites for hydroxylation is 2. The first kappa shape index (κ1) is 22.7. The molecule has 0 aliphatic heterocycles. The Bertz CT molecular complexity index is 1200. The number of hydrogen-bond acceptors (Lipinski definition) is 5. The van der Waals surface area contributed by atoms with E-state index in [-0.39, 0.29) is 6.03 Å². The van der Waals surface area contributed by atoms with Crippen molar-refractivity contribution < 1.29 is 9.53 Å². The highest BCUT2D eigenvalue weighted by atomic mass is 32.2. The lowest BCUT2D eigenvalue weighted by Crippen LogP contribution is -2.31. The first-order chi connectivity index (χ1) is 16.0. The number of benzene rings is 2. The maximum atomic E-state index is 13.1. The Balaban J connectivity index is 1.48. The lowest BCUT2D eigenvalue weighted by Gasteiger charge is -2.21. The summed E-state index contributed by atoms with van der Waals surface area (Å²) in [5.41, 5.74) is 6.14. The normalized spacial score (nSPS) is 10.9. The predicted octanol–water partition coefficient (Wildman–Crippen LogP) is 5.51. The van der Waals surface area contributed by atoms with Gasteiger partial charge in [-0.2, -0.15) is 0 Å². The van der Waals surface area contributed by atoms with E-state index in [9.17, 15) is 4.79 Å². The van der Waals surface area contributed by atoms with Crippen molar-refractivity contribution in [3.63, 3.8) is 0 Å². The summed E-state index contributed by atoms with van der Waals surface area (Å²) in [4.78, 5) is 25.4. The van der Waals surface area contributed by atoms with Gasteiger partial charge in [0.1, 0.15) is 11.6 Å². The molecule has 4 rings (SSSR count). The number of amides is 2. The number of nitrogens with zero attached hydrogens (tertiary/aromatic N) is 3. The predicted molar refractivity (Wildman–Crippen MR) is 134 cm³/mol. The number of urea groups is 1. The molecule has 170 valence electrons. The second-order valence-electron chi connectivity index (χ2n) is 7.79. The first-order valence-electron chi connectivity index (χ1n) is 10.7. The van der Waals surface area contributed by atoms with E-state index in [1.165, 1.54) is 23.1 Å². The van der Waals surface area contributed by atoms with Crippen molar-refractivity contribution in [3.8, 4) is 5.75 Å². The number of carbonyl (C=O) groups excluding carboxylic acids is 1. The Morgan fingerprint density at radius 1 is 1.15 bits per heavy atom. The molecule has 0 aliphatic carbocycles. The van der Waals surface area contributed by atoms with Crippen molar-refractivity contribution in [1.29, 1.82) is 0 Å². The molecule has 2 aromatic heterocycles. The molecule has 2 N–H and O–H groups in total. The third kappa shape index (κ3) is 5.84. The van der Waals surface area contributed by atoms with Crippen LogP contribution in [0, 0.1) is 13.8 Å². The molecule has 0 fully saturated rings. The molecule has 0 aliphatic rings. The molecule has 8 heteroatoms. The Morgan fingerprint density at radius 3 is 2.79 bits per heavy atom. The van der Waals surface area contributed by atoms with Crippen LogP contribution in [0.2, 0.25) is 0 Å². The van der Waals surface area contributed by atoms with Crippen LogP contribution in [0.5, 0.6) is 5.75 Å². The summed E-state index contributed by atoms with van der Waals surface area (Å²) in [5.74, 6) is 2.18. The molecule has 33 heavy (non-hydrogen) atoms. The van der Waals surface area contributed by atoms with Crippen LogP contribution in [0.4, 0.5) is 10.5 Å². The number of imidazole rings is 1. The van der Waals surface area contributed by atoms with Crippen molar-refractivity contribution in [1.82, 2.24) is 19.3 Å². The number of anilines is 1. The molecule has 2 amide bonds. The minimum Gasteiger partial charge on any atom is -0.497 e. The number of nitrogens with one attached hydrogen (secondary N) is 2. The summed E-state index contributed by atoms with van der Waals surface area (Å²) >= 11 is 1.45. The van der Waals surface area contributed by atoms with Crippen LogP contribution < -0.4 is 10.1 Å². The highest BCUT2D eigenvalue weighted by Gasteiger charge is 2.17. The van der Waals surface area contributed by atoms with Gasteiger partial charge >= 0.3 is 6.03 Å². The van der Waals surface area contributed by atoms with E-state index in [1.54, 1.807) is 23.7 Å². The van der Waals surface area contributed by atoms with Gasteiger partial charge in [-0.1, -0.05) is 12.1 Å². The minimum atomic E-state index is -0.194. The van der Waals surface area contributed by atoms with Gasteiger partial charge in [-0.3, -0.25) is 9.29 Å². The van der Waals surface area contributed by atoms with E-state index in [0.717, 1.165) is 22.4 Å². The largest absolute Gasteiger partial charge is 0.497 e. The second kappa shape index (κ2) is 10.4. The number of rotatable bonds is 8. The highest BCUT2D eigenvalue weighted by molar-refractivity contribution is 7.96. The summed E-state index contributed by atoms with van der Waals surface area (Å²) in [7, 11) is 1.60. The van der Waals surface area contributed by atoms with Gasteiger partial charge in [0.05, 0.1) is 18.1 Å². The number of pyridine rings is 1. The standard InChI is InChI=1S/C25H27N5O2S/c1-17-12-22-23(13-18(17)2)29-24(28-22)9-11-30(33-16-19-6-5-10-26-15-19)25(31)27-20-7-4-8-21(14-20)32-3/h4-8,10,12-15H,9,11,16H2,1-3H3,(H,27,31)(H,28,29). The molecule has 2 heterocycles. The van der Waals surface area contributed by atoms with Gasteiger partial charge in [-0.15, -0.1) is 0 Å². The minimum absolute atomic E-state index is 0.194. The lowest BCUT2D eigenvalue weighted by molar-refractivity contribution is 0.238. The molecule has 2 aromatic carbocycles. The summed E-state index contributed by atoms with van der Waals surface area (Å²) < 4.78 is 7.00. The van der Waals surface area contributed by atoms with Crippen LogP contribution in [0.15, 0.2) is 60.9 Å². The van der Waals surface area contributed by atoms with Gasteiger partial charge < -0.3 is 15.0 Å². The summed E-state index contributed by atoms with van der Waals surface area (Å²) in [6.45, 7) is 4.68. The zero-order chi connectivity index (χ0) is 23.2. The fourth-order valence-electron chi connectivity index (χ4n) is 3.40. The lowest BCUT2D eigenvalue weighted by atomic mass is 10.1. The van der Waals surface area contributed by atoms with Gasteiger partial charge in [-0.25, -0.2) is 9.78 Å². The maximum Gasteiger partial charge on any atom is 0.331 e. The van der Waals surface area contributed by atoms with Crippen molar-refractivity contribution >= 4 is 34.7 Å². The Hall–Kier alpha value is -3.52. The summed E-state index contributed by atoms with van der Waals surface area (Å²) in [5, 5.41) is 2.97. The molecule has 0 saturated heterocycles. The number of methoxy groups -OCH3 is 1. The van der Waals surface area contributed by atoms with E-state index in [4.69, 9.17) is 9.72 Å². The monoisotopic (exact) mass is 461 g/mol. The average Bonchev–Trinajstić information content (AvgIpc) is 3.21. The molecule has 0 bridgehead atoms. The maximum absolute atomic E-state index is 13.1. The third-order valence-corrected chi connectivity index (χ3v) is 6.48. The van der Waals surface area contributed by atoms with Crippen molar-refractivity contribution in [2.24, 2.45) is 0 Å². The van der Waals surface area contributed by atoms with Gasteiger partial charge in [0.15, 0.2) is 0 Å². The molecular formula is C25H27N5O2S. The average molecular weight is 462 g/mol. The summed E-state index contributed by atoms with van der Waals surface area (Å²) in [6, 6.07) is 15.2.